The van der Waals surface area contributed by atoms with Gasteiger partial charge >= 0.3 is 12.2 Å². The predicted molar refractivity (Wildman–Crippen MR) is 101 cm³/mol. The monoisotopic (exact) mass is 466 g/mol. The molecule has 0 saturated carbocycles. The third kappa shape index (κ3) is 4.02. The van der Waals surface area contributed by atoms with Crippen LogP contribution < -0.4 is 10.6 Å². The number of hydrogen-bond acceptors (Lipinski definition) is 3. The first-order valence-corrected chi connectivity index (χ1v) is 9.20. The van der Waals surface area contributed by atoms with Crippen molar-refractivity contribution in [2.24, 2.45) is 5.92 Å². The van der Waals surface area contributed by atoms with Gasteiger partial charge in [0.25, 0.3) is 0 Å². The number of benzene rings is 2. The van der Waals surface area contributed by atoms with Crippen LogP contribution in [0.5, 0.6) is 0 Å². The van der Waals surface area contributed by atoms with Gasteiger partial charge in [-0.15, -0.1) is 0 Å². The van der Waals surface area contributed by atoms with E-state index < -0.39 is 35.7 Å². The van der Waals surface area contributed by atoms with Crippen molar-refractivity contribution in [3.8, 4) is 0 Å². The highest BCUT2D eigenvalue weighted by Gasteiger charge is 2.66. The zero-order valence-corrected chi connectivity index (χ0v) is 16.5. The molecule has 2 aromatic rings. The number of urea groups is 1. The van der Waals surface area contributed by atoms with Gasteiger partial charge in [-0.25, -0.2) is 4.79 Å². The Morgan fingerprint density at radius 2 is 1.66 bits per heavy atom. The summed E-state index contributed by atoms with van der Waals surface area (Å²) in [5, 5.41) is 14.6. The fraction of sp³-hybridized carbons (Fsp3) is 0.222. The molecule has 1 saturated heterocycles. The number of halogens is 6. The van der Waals surface area contributed by atoms with Crippen LogP contribution >= 0.6 is 34.8 Å². The van der Waals surface area contributed by atoms with E-state index in [0.717, 1.165) is 0 Å². The van der Waals surface area contributed by atoms with Crippen molar-refractivity contribution in [3.05, 3.63) is 68.7 Å². The minimum absolute atomic E-state index is 0.00480. The van der Waals surface area contributed by atoms with E-state index in [-0.39, 0.29) is 26.2 Å². The summed E-state index contributed by atoms with van der Waals surface area (Å²) in [6.45, 7) is 0. The lowest BCUT2D eigenvalue weighted by atomic mass is 9.77. The van der Waals surface area contributed by atoms with Crippen LogP contribution in [0.15, 0.2) is 42.5 Å². The lowest BCUT2D eigenvalue weighted by Crippen LogP contribution is -2.72. The lowest BCUT2D eigenvalue weighted by Gasteiger charge is -2.45. The Morgan fingerprint density at radius 1 is 1.03 bits per heavy atom. The highest BCUT2D eigenvalue weighted by Crippen LogP contribution is 2.44. The van der Waals surface area contributed by atoms with Gasteiger partial charge in [0.1, 0.15) is 5.92 Å². The third-order valence-corrected chi connectivity index (χ3v) is 5.51. The molecule has 3 rings (SSSR count). The minimum atomic E-state index is -5.36. The van der Waals surface area contributed by atoms with E-state index >= 15 is 0 Å². The quantitative estimate of drug-likeness (QED) is 0.570. The first-order chi connectivity index (χ1) is 13.4. The SMILES string of the molecule is O=C1N[C@@H](c2ccc(Cl)c(Cl)c2)[C@H](C(=O)c2ccc(Cl)cc2)[C@](O)(C(F)(F)F)N1. The van der Waals surface area contributed by atoms with Crippen molar-refractivity contribution in [2.75, 3.05) is 0 Å². The molecule has 0 spiro atoms. The molecule has 3 atom stereocenters. The van der Waals surface area contributed by atoms with Crippen molar-refractivity contribution in [1.82, 2.24) is 10.6 Å². The molecule has 0 aromatic heterocycles. The summed E-state index contributed by atoms with van der Waals surface area (Å²) in [5.41, 5.74) is -3.91. The third-order valence-electron chi connectivity index (χ3n) is 4.52. The van der Waals surface area contributed by atoms with Gasteiger partial charge in [-0.2, -0.15) is 13.2 Å². The zero-order chi connectivity index (χ0) is 21.6. The van der Waals surface area contributed by atoms with E-state index in [9.17, 15) is 27.9 Å². The first kappa shape index (κ1) is 21.7. The normalized spacial score (nSPS) is 24.6. The number of carbonyl (C=O) groups is 2. The molecule has 5 nitrogen and oxygen atoms in total. The van der Waals surface area contributed by atoms with E-state index in [1.54, 1.807) is 0 Å². The largest absolute Gasteiger partial charge is 0.437 e. The smallest absolute Gasteiger partial charge is 0.363 e. The molecule has 2 amide bonds. The minimum Gasteiger partial charge on any atom is -0.363 e. The average Bonchev–Trinajstić information content (AvgIpc) is 2.62. The van der Waals surface area contributed by atoms with Crippen LogP contribution in [-0.4, -0.2) is 28.8 Å². The topological polar surface area (TPSA) is 78.4 Å². The Labute approximate surface area is 177 Å². The van der Waals surface area contributed by atoms with Gasteiger partial charge in [-0.3, -0.25) is 4.79 Å². The fourth-order valence-corrected chi connectivity index (χ4v) is 3.55. The summed E-state index contributed by atoms with van der Waals surface area (Å²) in [6, 6.07) is 6.09. The van der Waals surface area contributed by atoms with Gasteiger partial charge in [0.15, 0.2) is 5.78 Å². The maximum absolute atomic E-state index is 13.8. The zero-order valence-electron chi connectivity index (χ0n) is 14.2. The Balaban J connectivity index is 2.17. The summed E-state index contributed by atoms with van der Waals surface area (Å²) < 4.78 is 41.4. The molecule has 29 heavy (non-hydrogen) atoms. The second-order valence-corrected chi connectivity index (χ2v) is 7.61. The van der Waals surface area contributed by atoms with Crippen LogP contribution in [0.1, 0.15) is 22.0 Å². The molecule has 1 heterocycles. The molecule has 3 N–H and O–H groups in total. The number of ketones is 1. The van der Waals surface area contributed by atoms with Gasteiger partial charge < -0.3 is 15.7 Å². The fourth-order valence-electron chi connectivity index (χ4n) is 3.12. The number of hydrogen-bond donors (Lipinski definition) is 3. The van der Waals surface area contributed by atoms with Crippen molar-refractivity contribution in [1.29, 1.82) is 0 Å². The van der Waals surface area contributed by atoms with Crippen LogP contribution in [0.2, 0.25) is 15.1 Å². The van der Waals surface area contributed by atoms with Crippen LogP contribution in [-0.2, 0) is 0 Å². The number of amides is 2. The molecule has 1 aliphatic heterocycles. The Morgan fingerprint density at radius 3 is 2.21 bits per heavy atom. The molecule has 11 heteroatoms. The number of Topliss-reactive ketones (excluding diaryl/α,β-unsaturated/α-hetero) is 1. The number of carbonyl (C=O) groups excluding carboxylic acids is 2. The van der Waals surface area contributed by atoms with Crippen LogP contribution in [0.4, 0.5) is 18.0 Å². The molecule has 0 aliphatic carbocycles. The van der Waals surface area contributed by atoms with Crippen molar-refractivity contribution in [2.45, 2.75) is 17.9 Å². The van der Waals surface area contributed by atoms with Gasteiger partial charge in [-0.1, -0.05) is 40.9 Å². The van der Waals surface area contributed by atoms with Crippen molar-refractivity contribution in [3.63, 3.8) is 0 Å². The molecule has 1 fully saturated rings. The molecule has 1 aliphatic rings. The van der Waals surface area contributed by atoms with Gasteiger partial charge in [0.05, 0.1) is 16.1 Å². The Hall–Kier alpha value is -2.00. The van der Waals surface area contributed by atoms with Crippen LogP contribution in [0, 0.1) is 5.92 Å². The molecule has 0 bridgehead atoms. The maximum Gasteiger partial charge on any atom is 0.437 e. The van der Waals surface area contributed by atoms with Gasteiger partial charge in [0.2, 0.25) is 5.72 Å². The van der Waals surface area contributed by atoms with Crippen LogP contribution in [0.25, 0.3) is 0 Å². The number of nitrogens with one attached hydrogen (secondary N) is 2. The van der Waals surface area contributed by atoms with Crippen molar-refractivity contribution < 1.29 is 27.9 Å². The maximum atomic E-state index is 13.8. The number of rotatable bonds is 3. The van der Waals surface area contributed by atoms with Crippen LogP contribution in [0.3, 0.4) is 0 Å². The van der Waals surface area contributed by atoms with E-state index in [4.69, 9.17) is 34.8 Å². The highest BCUT2D eigenvalue weighted by molar-refractivity contribution is 6.42. The first-order valence-electron chi connectivity index (χ1n) is 8.06. The second-order valence-electron chi connectivity index (χ2n) is 6.36. The van der Waals surface area contributed by atoms with Gasteiger partial charge in [-0.05, 0) is 42.0 Å². The standard InChI is InChI=1S/C18H12Cl3F3N2O3/c19-10-4-1-8(2-5-10)15(27)13-14(9-3-6-11(20)12(21)7-9)25-16(28)26-17(13,29)18(22,23)24/h1-7,13-14,29H,(H2,25,26,28)/t13-,14+,17+/m1/s1. The molecular weight excluding hydrogens is 456 g/mol. The predicted octanol–water partition coefficient (Wildman–Crippen LogP) is 4.75. The van der Waals surface area contributed by atoms with E-state index in [1.807, 2.05) is 0 Å². The highest BCUT2D eigenvalue weighted by atomic mass is 35.5. The average molecular weight is 468 g/mol. The Kier molecular flexibility index (Phi) is 5.75. The summed E-state index contributed by atoms with van der Waals surface area (Å²) in [6.07, 6.45) is -5.36. The summed E-state index contributed by atoms with van der Waals surface area (Å²) in [4.78, 5) is 25.0. The van der Waals surface area contributed by atoms with E-state index in [2.05, 4.69) is 5.32 Å². The molecular formula is C18H12Cl3F3N2O3. The molecule has 0 radical (unpaired) electrons. The molecule has 0 unspecified atom stereocenters. The molecule has 2 aromatic carbocycles. The summed E-state index contributed by atoms with van der Waals surface area (Å²) >= 11 is 17.6. The Bertz CT molecular complexity index is 969. The summed E-state index contributed by atoms with van der Waals surface area (Å²) in [7, 11) is 0. The number of alkyl halides is 3. The van der Waals surface area contributed by atoms with E-state index in [0.29, 0.717) is 0 Å². The van der Waals surface area contributed by atoms with E-state index in [1.165, 1.54) is 47.8 Å². The molecule has 154 valence electrons. The summed E-state index contributed by atoms with van der Waals surface area (Å²) in [5.74, 6) is -3.23. The van der Waals surface area contributed by atoms with Crippen molar-refractivity contribution >= 4 is 46.6 Å². The number of aliphatic hydroxyl groups is 1. The van der Waals surface area contributed by atoms with Gasteiger partial charge in [0, 0.05) is 10.6 Å². The lowest BCUT2D eigenvalue weighted by molar-refractivity contribution is -0.287. The second kappa shape index (κ2) is 7.68.